The Morgan fingerprint density at radius 1 is 1.07 bits per heavy atom. The maximum atomic E-state index is 12.9. The number of alkyl halides is 2. The quantitative estimate of drug-likeness (QED) is 0.480. The van der Waals surface area contributed by atoms with Gasteiger partial charge in [-0.15, -0.1) is 23.2 Å². The molecule has 5 nitrogen and oxygen atoms in total. The van der Waals surface area contributed by atoms with Crippen molar-refractivity contribution in [3.05, 3.63) is 10.1 Å². The first kappa shape index (κ1) is 19.0. The summed E-state index contributed by atoms with van der Waals surface area (Å²) in [6, 6.07) is 0. The fraction of sp³-hybridized carbons (Fsp3) is 0.778. The molecule has 5 rings (SSSR count). The van der Waals surface area contributed by atoms with Crippen molar-refractivity contribution in [2.24, 2.45) is 29.6 Å². The van der Waals surface area contributed by atoms with Gasteiger partial charge in [-0.3, -0.25) is 14.4 Å². The molecule has 0 N–H and O–H groups in total. The lowest BCUT2D eigenvalue weighted by atomic mass is 9.65. The molecule has 0 aromatic heterocycles. The van der Waals surface area contributed by atoms with Gasteiger partial charge < -0.3 is 4.74 Å². The van der Waals surface area contributed by atoms with Gasteiger partial charge in [0.25, 0.3) is 11.8 Å². The van der Waals surface area contributed by atoms with E-state index in [2.05, 4.69) is 13.8 Å². The minimum atomic E-state index is -0.940. The number of amides is 2. The van der Waals surface area contributed by atoms with E-state index in [1.165, 1.54) is 0 Å². The van der Waals surface area contributed by atoms with Crippen molar-refractivity contribution in [1.29, 1.82) is 0 Å². The molecular weight excluding hydrogens is 436 g/mol. The topological polar surface area (TPSA) is 55.8 Å². The van der Waals surface area contributed by atoms with Crippen LogP contribution in [0, 0.1) is 29.6 Å². The Hall–Kier alpha value is -0.0400. The molecule has 0 unspecified atom stereocenters. The Morgan fingerprint density at radius 3 is 2.00 bits per heavy atom. The first-order chi connectivity index (χ1) is 12.6. The molecule has 3 saturated heterocycles. The number of hydrogen-bond acceptors (Lipinski definition) is 4. The van der Waals surface area contributed by atoms with E-state index in [1.807, 2.05) is 0 Å². The van der Waals surface area contributed by atoms with Crippen molar-refractivity contribution in [3.63, 3.8) is 0 Å². The van der Waals surface area contributed by atoms with Gasteiger partial charge in [-0.2, -0.15) is 5.06 Å². The van der Waals surface area contributed by atoms with Crippen LogP contribution in [-0.4, -0.2) is 45.4 Å². The maximum Gasteiger partial charge on any atom is 0.260 e. The molecule has 4 fully saturated rings. The summed E-state index contributed by atoms with van der Waals surface area (Å²) >= 11 is 26.6. The monoisotopic (exact) mass is 453 g/mol. The third-order valence-electron chi connectivity index (χ3n) is 6.88. The first-order valence-electron chi connectivity index (χ1n) is 9.23. The van der Waals surface area contributed by atoms with E-state index in [1.54, 1.807) is 0 Å². The standard InChI is InChI=1S/C18H19Cl4NO4/c1-6(2)3-4-26-23-15(24)7-8(16(23)25)12-10-9(11(7)27-12)17(21)5-18(10,22)14(20)13(17)19/h6-12H,3-5H2,1-2H3/t7-,8+,9-,10+,11+,12-,17-,18-/m0/s1. The number of carbonyl (C=O) groups excluding carboxylic acids is 2. The Balaban J connectivity index is 1.46. The molecule has 148 valence electrons. The molecule has 0 aromatic carbocycles. The number of hydrogen-bond donors (Lipinski definition) is 0. The Kier molecular flexibility index (Phi) is 4.05. The normalized spacial score (nSPS) is 49.8. The van der Waals surface area contributed by atoms with Crippen LogP contribution in [0.2, 0.25) is 0 Å². The highest BCUT2D eigenvalue weighted by molar-refractivity contribution is 6.51. The van der Waals surface area contributed by atoms with Crippen LogP contribution in [-0.2, 0) is 19.2 Å². The van der Waals surface area contributed by atoms with Crippen molar-refractivity contribution < 1.29 is 19.2 Å². The van der Waals surface area contributed by atoms with Crippen molar-refractivity contribution >= 4 is 58.2 Å². The van der Waals surface area contributed by atoms with Gasteiger partial charge >= 0.3 is 0 Å². The number of imide groups is 1. The molecule has 0 aromatic rings. The van der Waals surface area contributed by atoms with Gasteiger partial charge in [0.05, 0.1) is 50.5 Å². The van der Waals surface area contributed by atoms with Gasteiger partial charge in [-0.25, -0.2) is 0 Å². The summed E-state index contributed by atoms with van der Waals surface area (Å²) < 4.78 is 6.11. The van der Waals surface area contributed by atoms with Crippen molar-refractivity contribution in [2.75, 3.05) is 6.61 Å². The minimum absolute atomic E-state index is 0.245. The van der Waals surface area contributed by atoms with Gasteiger partial charge in [-0.05, 0) is 18.8 Å². The van der Waals surface area contributed by atoms with Crippen LogP contribution in [0.25, 0.3) is 0 Å². The van der Waals surface area contributed by atoms with Crippen LogP contribution >= 0.6 is 46.4 Å². The molecule has 27 heavy (non-hydrogen) atoms. The Labute approximate surface area is 177 Å². The van der Waals surface area contributed by atoms with Gasteiger partial charge in [0, 0.05) is 11.8 Å². The number of allylic oxidation sites excluding steroid dienone is 2. The van der Waals surface area contributed by atoms with E-state index in [0.29, 0.717) is 29.0 Å². The zero-order chi connectivity index (χ0) is 19.5. The zero-order valence-corrected chi connectivity index (χ0v) is 17.8. The average Bonchev–Trinajstić information content (AvgIpc) is 3.32. The summed E-state index contributed by atoms with van der Waals surface area (Å²) in [7, 11) is 0. The van der Waals surface area contributed by atoms with E-state index in [9.17, 15) is 9.59 Å². The molecule has 3 heterocycles. The third-order valence-corrected chi connectivity index (χ3v) is 9.38. The van der Waals surface area contributed by atoms with Gasteiger partial charge in [0.2, 0.25) is 0 Å². The second kappa shape index (κ2) is 5.77. The summed E-state index contributed by atoms with van der Waals surface area (Å²) in [5, 5.41) is 1.62. The number of hydroxylamine groups is 2. The fourth-order valence-corrected chi connectivity index (χ4v) is 7.79. The summed E-state index contributed by atoms with van der Waals surface area (Å²) in [5.41, 5.74) is 0. The minimum Gasteiger partial charge on any atom is -0.373 e. The molecular formula is C18H19Cl4NO4. The fourth-order valence-electron chi connectivity index (χ4n) is 5.77. The van der Waals surface area contributed by atoms with Crippen molar-refractivity contribution in [1.82, 2.24) is 5.06 Å². The van der Waals surface area contributed by atoms with Crippen LogP contribution in [0.5, 0.6) is 0 Å². The third kappa shape index (κ3) is 2.11. The highest BCUT2D eigenvalue weighted by atomic mass is 35.5. The zero-order valence-electron chi connectivity index (χ0n) is 14.8. The molecule has 9 heteroatoms. The number of ether oxygens (including phenoxy) is 1. The number of carbonyl (C=O) groups is 2. The molecule has 0 radical (unpaired) electrons. The van der Waals surface area contributed by atoms with Crippen LogP contribution < -0.4 is 0 Å². The van der Waals surface area contributed by atoms with Crippen LogP contribution in [0.1, 0.15) is 26.7 Å². The summed E-state index contributed by atoms with van der Waals surface area (Å²) in [5.74, 6) is -1.97. The highest BCUT2D eigenvalue weighted by Crippen LogP contribution is 2.75. The summed E-state index contributed by atoms with van der Waals surface area (Å²) in [6.45, 7) is 4.42. The molecule has 4 bridgehead atoms. The molecule has 2 aliphatic carbocycles. The van der Waals surface area contributed by atoms with Crippen molar-refractivity contribution in [3.8, 4) is 0 Å². The van der Waals surface area contributed by atoms with Crippen LogP contribution in [0.3, 0.4) is 0 Å². The highest BCUT2D eigenvalue weighted by Gasteiger charge is 2.82. The molecule has 8 atom stereocenters. The lowest BCUT2D eigenvalue weighted by Crippen LogP contribution is -2.50. The van der Waals surface area contributed by atoms with Crippen LogP contribution in [0.4, 0.5) is 0 Å². The van der Waals surface area contributed by atoms with E-state index >= 15 is 0 Å². The lowest BCUT2D eigenvalue weighted by Gasteiger charge is -2.40. The van der Waals surface area contributed by atoms with E-state index < -0.39 is 33.8 Å². The molecule has 1 saturated carbocycles. The maximum absolute atomic E-state index is 12.9. The predicted molar refractivity (Wildman–Crippen MR) is 100 cm³/mol. The summed E-state index contributed by atoms with van der Waals surface area (Å²) in [4.78, 5) is 29.5. The molecule has 5 aliphatic rings. The molecule has 0 spiro atoms. The van der Waals surface area contributed by atoms with Crippen molar-refractivity contribution in [2.45, 2.75) is 48.6 Å². The summed E-state index contributed by atoms with van der Waals surface area (Å²) in [6.07, 6.45) is 0.141. The Bertz CT molecular complexity index is 733. The van der Waals surface area contributed by atoms with Gasteiger partial charge in [-0.1, -0.05) is 37.0 Å². The van der Waals surface area contributed by atoms with E-state index in [-0.39, 0.29) is 23.7 Å². The average molecular weight is 455 g/mol. The predicted octanol–water partition coefficient (Wildman–Crippen LogP) is 3.64. The number of rotatable bonds is 4. The van der Waals surface area contributed by atoms with Gasteiger partial charge in [0.15, 0.2) is 0 Å². The molecule has 3 aliphatic heterocycles. The smallest absolute Gasteiger partial charge is 0.260 e. The number of halogens is 4. The number of fused-ring (bicyclic) bond motifs is 12. The largest absolute Gasteiger partial charge is 0.373 e. The van der Waals surface area contributed by atoms with E-state index in [0.717, 1.165) is 11.5 Å². The molecule has 2 amide bonds. The van der Waals surface area contributed by atoms with Crippen LogP contribution in [0.15, 0.2) is 10.1 Å². The number of nitrogens with zero attached hydrogens (tertiary/aromatic N) is 1. The lowest BCUT2D eigenvalue weighted by molar-refractivity contribution is -0.193. The second-order valence-corrected chi connectivity index (χ2v) is 10.8. The second-order valence-electron chi connectivity index (χ2n) is 8.68. The first-order valence-corrected chi connectivity index (χ1v) is 10.7. The Morgan fingerprint density at radius 2 is 1.56 bits per heavy atom. The SMILES string of the molecule is CC(C)CCON1C(=O)[C@@H]2[C@H]3O[C@@H]([C@@H]2C1=O)[C@H]1[C@@H]3[C@@]2(Cl)C[C@@]1(Cl)C(Cl)=C2Cl. The van der Waals surface area contributed by atoms with Gasteiger partial charge in [0.1, 0.15) is 0 Å². The van der Waals surface area contributed by atoms with E-state index in [4.69, 9.17) is 56.0 Å².